The standard InChI is InChI=1S/C18H23NO3/c1-20-12-11-19-15-16-7-9-18(10-8-16)22-14-13-21-17-5-3-2-4-6-17/h2-10,19H,11-15H2,1H3. The van der Waals surface area contributed by atoms with Gasteiger partial charge in [0.05, 0.1) is 6.61 Å². The first-order chi connectivity index (χ1) is 10.9. The minimum atomic E-state index is 0.528. The molecule has 22 heavy (non-hydrogen) atoms. The molecule has 2 aromatic rings. The van der Waals surface area contributed by atoms with E-state index in [1.807, 2.05) is 42.5 Å². The van der Waals surface area contributed by atoms with Crippen molar-refractivity contribution in [3.05, 3.63) is 60.2 Å². The fourth-order valence-corrected chi connectivity index (χ4v) is 1.95. The van der Waals surface area contributed by atoms with Crippen LogP contribution in [-0.2, 0) is 11.3 Å². The first-order valence-corrected chi connectivity index (χ1v) is 7.48. The van der Waals surface area contributed by atoms with Gasteiger partial charge in [-0.25, -0.2) is 0 Å². The molecule has 0 aromatic heterocycles. The second-order valence-electron chi connectivity index (χ2n) is 4.82. The van der Waals surface area contributed by atoms with Crippen molar-refractivity contribution < 1.29 is 14.2 Å². The van der Waals surface area contributed by atoms with E-state index in [0.29, 0.717) is 13.2 Å². The van der Waals surface area contributed by atoms with Crippen molar-refractivity contribution >= 4 is 0 Å². The molecule has 2 rings (SSSR count). The van der Waals surface area contributed by atoms with Gasteiger partial charge in [-0.2, -0.15) is 0 Å². The van der Waals surface area contributed by atoms with Gasteiger partial charge in [0, 0.05) is 20.2 Å². The number of nitrogens with one attached hydrogen (secondary N) is 1. The van der Waals surface area contributed by atoms with Gasteiger partial charge in [0.1, 0.15) is 24.7 Å². The third-order valence-electron chi connectivity index (χ3n) is 3.10. The SMILES string of the molecule is COCCNCc1ccc(OCCOc2ccccc2)cc1. The van der Waals surface area contributed by atoms with Crippen molar-refractivity contribution in [2.45, 2.75) is 6.54 Å². The number of para-hydroxylation sites is 1. The molecule has 0 bridgehead atoms. The van der Waals surface area contributed by atoms with Crippen LogP contribution in [0.3, 0.4) is 0 Å². The zero-order valence-corrected chi connectivity index (χ0v) is 13.0. The third kappa shape index (κ3) is 6.16. The van der Waals surface area contributed by atoms with E-state index in [0.717, 1.165) is 31.2 Å². The molecule has 118 valence electrons. The van der Waals surface area contributed by atoms with Gasteiger partial charge in [0.15, 0.2) is 0 Å². The third-order valence-corrected chi connectivity index (χ3v) is 3.10. The average Bonchev–Trinajstić information content (AvgIpc) is 2.58. The molecule has 0 aliphatic heterocycles. The van der Waals surface area contributed by atoms with Crippen LogP contribution in [-0.4, -0.2) is 33.5 Å². The second kappa shape index (κ2) is 9.82. The lowest BCUT2D eigenvalue weighted by Crippen LogP contribution is -2.18. The monoisotopic (exact) mass is 301 g/mol. The molecule has 0 aliphatic rings. The Morgan fingerprint density at radius 2 is 1.41 bits per heavy atom. The Morgan fingerprint density at radius 1 is 0.773 bits per heavy atom. The highest BCUT2D eigenvalue weighted by atomic mass is 16.5. The summed E-state index contributed by atoms with van der Waals surface area (Å²) in [7, 11) is 1.70. The summed E-state index contributed by atoms with van der Waals surface area (Å²) < 4.78 is 16.2. The maximum atomic E-state index is 5.66. The number of methoxy groups -OCH3 is 1. The van der Waals surface area contributed by atoms with E-state index in [9.17, 15) is 0 Å². The highest BCUT2D eigenvalue weighted by molar-refractivity contribution is 5.27. The summed E-state index contributed by atoms with van der Waals surface area (Å²) in [6.07, 6.45) is 0. The highest BCUT2D eigenvalue weighted by Crippen LogP contribution is 2.12. The van der Waals surface area contributed by atoms with E-state index in [4.69, 9.17) is 14.2 Å². The molecule has 0 atom stereocenters. The van der Waals surface area contributed by atoms with Gasteiger partial charge < -0.3 is 19.5 Å². The largest absolute Gasteiger partial charge is 0.490 e. The normalized spacial score (nSPS) is 10.4. The first-order valence-electron chi connectivity index (χ1n) is 7.48. The zero-order valence-electron chi connectivity index (χ0n) is 13.0. The Kier molecular flexibility index (Phi) is 7.29. The van der Waals surface area contributed by atoms with Crippen molar-refractivity contribution in [1.82, 2.24) is 5.32 Å². The molecule has 0 fully saturated rings. The average molecular weight is 301 g/mol. The number of hydrogen-bond donors (Lipinski definition) is 1. The lowest BCUT2D eigenvalue weighted by atomic mass is 10.2. The van der Waals surface area contributed by atoms with Gasteiger partial charge >= 0.3 is 0 Å². The van der Waals surface area contributed by atoms with Gasteiger partial charge in [-0.05, 0) is 29.8 Å². The van der Waals surface area contributed by atoms with E-state index < -0.39 is 0 Å². The summed E-state index contributed by atoms with van der Waals surface area (Å²) in [5.41, 5.74) is 1.23. The number of ether oxygens (including phenoxy) is 3. The molecule has 1 N–H and O–H groups in total. The zero-order chi connectivity index (χ0) is 15.5. The number of hydrogen-bond acceptors (Lipinski definition) is 4. The van der Waals surface area contributed by atoms with E-state index >= 15 is 0 Å². The van der Waals surface area contributed by atoms with Crippen LogP contribution < -0.4 is 14.8 Å². The molecular weight excluding hydrogens is 278 g/mol. The lowest BCUT2D eigenvalue weighted by Gasteiger charge is -2.09. The Hall–Kier alpha value is -2.04. The van der Waals surface area contributed by atoms with E-state index in [-0.39, 0.29) is 0 Å². The highest BCUT2D eigenvalue weighted by Gasteiger charge is 1.97. The molecule has 0 heterocycles. The second-order valence-corrected chi connectivity index (χ2v) is 4.82. The summed E-state index contributed by atoms with van der Waals surface area (Å²) in [5, 5.41) is 3.31. The predicted molar refractivity (Wildman–Crippen MR) is 87.5 cm³/mol. The Bertz CT molecular complexity index is 514. The number of rotatable bonds is 10. The minimum Gasteiger partial charge on any atom is -0.490 e. The summed E-state index contributed by atoms with van der Waals surface area (Å²) in [6, 6.07) is 17.8. The van der Waals surface area contributed by atoms with Crippen LogP contribution in [0.1, 0.15) is 5.56 Å². The Morgan fingerprint density at radius 3 is 2.05 bits per heavy atom. The summed E-state index contributed by atoms with van der Waals surface area (Å²) in [6.45, 7) is 3.47. The summed E-state index contributed by atoms with van der Waals surface area (Å²) >= 11 is 0. The molecular formula is C18H23NO3. The van der Waals surface area contributed by atoms with Crippen molar-refractivity contribution in [3.63, 3.8) is 0 Å². The maximum absolute atomic E-state index is 5.66. The molecule has 0 amide bonds. The van der Waals surface area contributed by atoms with Crippen molar-refractivity contribution in [2.24, 2.45) is 0 Å². The van der Waals surface area contributed by atoms with Crippen LogP contribution in [0.5, 0.6) is 11.5 Å². The van der Waals surface area contributed by atoms with E-state index in [2.05, 4.69) is 17.4 Å². The topological polar surface area (TPSA) is 39.7 Å². The fraction of sp³-hybridized carbons (Fsp3) is 0.333. The molecule has 4 heteroatoms. The van der Waals surface area contributed by atoms with Crippen LogP contribution in [0.15, 0.2) is 54.6 Å². The molecule has 0 unspecified atom stereocenters. The smallest absolute Gasteiger partial charge is 0.122 e. The summed E-state index contributed by atoms with van der Waals surface area (Å²) in [5.74, 6) is 1.72. The molecule has 4 nitrogen and oxygen atoms in total. The van der Waals surface area contributed by atoms with Gasteiger partial charge in [-0.15, -0.1) is 0 Å². The molecule has 2 aromatic carbocycles. The van der Waals surface area contributed by atoms with Crippen molar-refractivity contribution in [3.8, 4) is 11.5 Å². The van der Waals surface area contributed by atoms with Crippen molar-refractivity contribution in [2.75, 3.05) is 33.5 Å². The molecule has 0 saturated heterocycles. The fourth-order valence-electron chi connectivity index (χ4n) is 1.95. The maximum Gasteiger partial charge on any atom is 0.122 e. The molecule has 0 spiro atoms. The Labute approximate surface area is 132 Å². The minimum absolute atomic E-state index is 0.528. The van der Waals surface area contributed by atoms with Gasteiger partial charge in [0.25, 0.3) is 0 Å². The van der Waals surface area contributed by atoms with Crippen LogP contribution in [0.4, 0.5) is 0 Å². The number of benzene rings is 2. The van der Waals surface area contributed by atoms with Gasteiger partial charge in [-0.1, -0.05) is 30.3 Å². The Balaban J connectivity index is 1.63. The quantitative estimate of drug-likeness (QED) is 0.685. The molecule has 0 saturated carbocycles. The van der Waals surface area contributed by atoms with Gasteiger partial charge in [0.2, 0.25) is 0 Å². The molecule has 0 aliphatic carbocycles. The van der Waals surface area contributed by atoms with Crippen molar-refractivity contribution in [1.29, 1.82) is 0 Å². The van der Waals surface area contributed by atoms with Crippen LogP contribution in [0.2, 0.25) is 0 Å². The van der Waals surface area contributed by atoms with Crippen LogP contribution in [0.25, 0.3) is 0 Å². The predicted octanol–water partition coefficient (Wildman–Crippen LogP) is 2.88. The first kappa shape index (κ1) is 16.3. The van der Waals surface area contributed by atoms with E-state index in [1.54, 1.807) is 7.11 Å². The molecule has 0 radical (unpaired) electrons. The van der Waals surface area contributed by atoms with Crippen LogP contribution >= 0.6 is 0 Å². The lowest BCUT2D eigenvalue weighted by molar-refractivity contribution is 0.199. The van der Waals surface area contributed by atoms with Crippen LogP contribution in [0, 0.1) is 0 Å². The summed E-state index contributed by atoms with van der Waals surface area (Å²) in [4.78, 5) is 0. The van der Waals surface area contributed by atoms with E-state index in [1.165, 1.54) is 5.56 Å². The van der Waals surface area contributed by atoms with Gasteiger partial charge in [-0.3, -0.25) is 0 Å².